The van der Waals surface area contributed by atoms with Gasteiger partial charge in [-0.25, -0.2) is 5.84 Å². The van der Waals surface area contributed by atoms with Crippen molar-refractivity contribution in [2.24, 2.45) is 16.8 Å². The van der Waals surface area contributed by atoms with Crippen LogP contribution < -0.4 is 21.8 Å². The minimum Gasteiger partial charge on any atom is -0.493 e. The van der Waals surface area contributed by atoms with Gasteiger partial charge in [-0.2, -0.15) is 8.99 Å². The molecular formula is C9H13FN4OS. The number of ether oxygens (including phenoxy) is 1. The topological polar surface area (TPSA) is 85.7 Å². The minimum atomic E-state index is 0.249. The molecule has 1 aromatic rings. The largest absolute Gasteiger partial charge is 0.493 e. The number of benzene rings is 1. The quantitative estimate of drug-likeness (QED) is 0.234. The van der Waals surface area contributed by atoms with Gasteiger partial charge in [0.1, 0.15) is 5.75 Å². The smallest absolute Gasteiger partial charge is 0.166 e. The van der Waals surface area contributed by atoms with Gasteiger partial charge in [-0.1, -0.05) is 0 Å². The van der Waals surface area contributed by atoms with Gasteiger partial charge in [-0.05, 0) is 24.3 Å². The van der Waals surface area contributed by atoms with Crippen LogP contribution in [0.2, 0.25) is 0 Å². The molecule has 0 fully saturated rings. The highest BCUT2D eigenvalue weighted by molar-refractivity contribution is 7.94. The Morgan fingerprint density at radius 1 is 1.44 bits per heavy atom. The van der Waals surface area contributed by atoms with Crippen LogP contribution in [-0.4, -0.2) is 18.2 Å². The van der Waals surface area contributed by atoms with Gasteiger partial charge in [0.15, 0.2) is 5.84 Å². The summed E-state index contributed by atoms with van der Waals surface area (Å²) in [6, 6.07) is 6.98. The van der Waals surface area contributed by atoms with E-state index < -0.39 is 0 Å². The summed E-state index contributed by atoms with van der Waals surface area (Å²) in [4.78, 5) is 0. The average Bonchev–Trinajstić information content (AvgIpc) is 2.33. The molecule has 0 radical (unpaired) electrons. The van der Waals surface area contributed by atoms with E-state index in [2.05, 4.69) is 10.5 Å². The van der Waals surface area contributed by atoms with Crippen LogP contribution in [0, 0.1) is 0 Å². The molecule has 0 aromatic heterocycles. The SMILES string of the molecule is N/N=C(\NN)c1ccc(OCCSF)cc1. The summed E-state index contributed by atoms with van der Waals surface area (Å²) in [5.74, 6) is 11.7. The molecule has 5 N–H and O–H groups in total. The van der Waals surface area contributed by atoms with Gasteiger partial charge in [-0.3, -0.25) is 0 Å². The highest BCUT2D eigenvalue weighted by Crippen LogP contribution is 2.12. The Hall–Kier alpha value is -1.47. The second-order valence-corrected chi connectivity index (χ2v) is 3.43. The van der Waals surface area contributed by atoms with Crippen molar-refractivity contribution in [3.63, 3.8) is 0 Å². The lowest BCUT2D eigenvalue weighted by Gasteiger charge is -2.06. The summed E-state index contributed by atoms with van der Waals surface area (Å²) in [6.07, 6.45) is 0. The number of nitrogens with two attached hydrogens (primary N) is 2. The first-order valence-corrected chi connectivity index (χ1v) is 5.41. The van der Waals surface area contributed by atoms with Gasteiger partial charge in [0.05, 0.1) is 12.4 Å². The Morgan fingerprint density at radius 2 is 2.12 bits per heavy atom. The standard InChI is InChI=1S/C9H13FN4OS/c10-16-6-5-15-8-3-1-7(2-4-8)9(13-11)14-12/h1-4H,5-6,11-12H2,(H,13,14). The first kappa shape index (κ1) is 12.6. The molecule has 0 bridgehead atoms. The van der Waals surface area contributed by atoms with E-state index >= 15 is 0 Å². The highest BCUT2D eigenvalue weighted by atomic mass is 32.2. The van der Waals surface area contributed by atoms with Crippen LogP contribution in [-0.2, 0) is 0 Å². The van der Waals surface area contributed by atoms with Crippen molar-refractivity contribution >= 4 is 18.0 Å². The maximum atomic E-state index is 11.7. The summed E-state index contributed by atoms with van der Waals surface area (Å²) < 4.78 is 17.0. The molecule has 88 valence electrons. The zero-order valence-electron chi connectivity index (χ0n) is 8.52. The molecule has 0 saturated carbocycles. The van der Waals surface area contributed by atoms with Crippen LogP contribution in [0.5, 0.6) is 5.75 Å². The number of nitrogens with zero attached hydrogens (tertiary/aromatic N) is 1. The highest BCUT2D eigenvalue weighted by Gasteiger charge is 2.01. The average molecular weight is 244 g/mol. The van der Waals surface area contributed by atoms with E-state index in [0.29, 0.717) is 23.9 Å². The molecular weight excluding hydrogens is 231 g/mol. The van der Waals surface area contributed by atoms with Gasteiger partial charge >= 0.3 is 0 Å². The normalized spacial score (nSPS) is 11.2. The fraction of sp³-hybridized carbons (Fsp3) is 0.222. The van der Waals surface area contributed by atoms with E-state index in [1.54, 1.807) is 24.3 Å². The summed E-state index contributed by atoms with van der Waals surface area (Å²) in [6.45, 7) is 0.327. The third-order valence-corrected chi connectivity index (χ3v) is 2.14. The molecule has 0 aliphatic heterocycles. The van der Waals surface area contributed by atoms with Crippen molar-refractivity contribution in [2.45, 2.75) is 0 Å². The minimum absolute atomic E-state index is 0.249. The van der Waals surface area contributed by atoms with Crippen LogP contribution in [0.1, 0.15) is 5.56 Å². The van der Waals surface area contributed by atoms with Crippen molar-refractivity contribution in [1.29, 1.82) is 0 Å². The molecule has 0 unspecified atom stereocenters. The van der Waals surface area contributed by atoms with E-state index in [9.17, 15) is 3.89 Å². The van der Waals surface area contributed by atoms with E-state index in [4.69, 9.17) is 16.4 Å². The third-order valence-electron chi connectivity index (χ3n) is 1.82. The van der Waals surface area contributed by atoms with Crippen molar-refractivity contribution in [3.8, 4) is 5.75 Å². The molecule has 1 aromatic carbocycles. The molecule has 0 saturated heterocycles. The molecule has 0 spiro atoms. The number of amidine groups is 1. The Bertz CT molecular complexity index is 344. The maximum Gasteiger partial charge on any atom is 0.166 e. The van der Waals surface area contributed by atoms with E-state index in [0.717, 1.165) is 5.56 Å². The monoisotopic (exact) mass is 244 g/mol. The van der Waals surface area contributed by atoms with Crippen LogP contribution in [0.3, 0.4) is 0 Å². The molecule has 0 amide bonds. The molecule has 0 aliphatic rings. The van der Waals surface area contributed by atoms with E-state index in [-0.39, 0.29) is 12.1 Å². The number of hydrazine groups is 1. The second-order valence-electron chi connectivity index (χ2n) is 2.81. The van der Waals surface area contributed by atoms with Gasteiger partial charge < -0.3 is 16.0 Å². The van der Waals surface area contributed by atoms with Crippen LogP contribution in [0.15, 0.2) is 29.4 Å². The molecule has 0 atom stereocenters. The second kappa shape index (κ2) is 6.91. The first-order valence-electron chi connectivity index (χ1n) is 4.53. The van der Waals surface area contributed by atoms with Crippen LogP contribution in [0.25, 0.3) is 0 Å². The number of hydrazone groups is 1. The number of hydrogen-bond donors (Lipinski definition) is 3. The lowest BCUT2D eigenvalue weighted by molar-refractivity contribution is 0.343. The van der Waals surface area contributed by atoms with Crippen LogP contribution in [0.4, 0.5) is 3.89 Å². The zero-order chi connectivity index (χ0) is 11.8. The first-order chi connectivity index (χ1) is 7.81. The van der Waals surface area contributed by atoms with E-state index in [1.165, 1.54) is 0 Å². The number of halogens is 1. The lowest BCUT2D eigenvalue weighted by atomic mass is 10.2. The number of nitrogens with one attached hydrogen (secondary N) is 1. The van der Waals surface area contributed by atoms with Gasteiger partial charge in [0.25, 0.3) is 0 Å². The predicted molar refractivity (Wildman–Crippen MR) is 63.6 cm³/mol. The Labute approximate surface area is 97.3 Å². The van der Waals surface area contributed by atoms with Crippen molar-refractivity contribution in [2.75, 3.05) is 12.4 Å². The fourth-order valence-corrected chi connectivity index (χ4v) is 1.24. The molecule has 5 nitrogen and oxygen atoms in total. The van der Waals surface area contributed by atoms with E-state index in [1.807, 2.05) is 0 Å². The molecule has 0 heterocycles. The lowest BCUT2D eigenvalue weighted by Crippen LogP contribution is -2.31. The molecule has 0 aliphatic carbocycles. The molecule has 16 heavy (non-hydrogen) atoms. The van der Waals surface area contributed by atoms with Crippen molar-refractivity contribution < 1.29 is 8.62 Å². The Balaban J connectivity index is 2.60. The third kappa shape index (κ3) is 3.59. The summed E-state index contributed by atoms with van der Waals surface area (Å²) in [7, 11) is 0. The summed E-state index contributed by atoms with van der Waals surface area (Å²) in [5, 5.41) is 3.47. The van der Waals surface area contributed by atoms with Crippen molar-refractivity contribution in [3.05, 3.63) is 29.8 Å². The van der Waals surface area contributed by atoms with Gasteiger partial charge in [0, 0.05) is 17.7 Å². The molecule has 7 heteroatoms. The molecule has 1 rings (SSSR count). The Kier molecular flexibility index (Phi) is 5.44. The fourth-order valence-electron chi connectivity index (χ4n) is 1.10. The maximum absolute atomic E-state index is 11.7. The number of hydrogen-bond acceptors (Lipinski definition) is 5. The summed E-state index contributed by atoms with van der Waals surface area (Å²) in [5.41, 5.74) is 3.12. The zero-order valence-corrected chi connectivity index (χ0v) is 9.34. The van der Waals surface area contributed by atoms with Gasteiger partial charge in [-0.15, -0.1) is 0 Å². The summed E-state index contributed by atoms with van der Waals surface area (Å²) >= 11 is 0.249. The van der Waals surface area contributed by atoms with Crippen LogP contribution >= 0.6 is 12.1 Å². The van der Waals surface area contributed by atoms with Crippen molar-refractivity contribution in [1.82, 2.24) is 5.43 Å². The Morgan fingerprint density at radius 3 is 2.62 bits per heavy atom. The number of rotatable bonds is 5. The van der Waals surface area contributed by atoms with Gasteiger partial charge in [0.2, 0.25) is 0 Å². The predicted octanol–water partition coefficient (Wildman–Crippen LogP) is 0.767.